The van der Waals surface area contributed by atoms with Crippen LogP contribution in [-0.4, -0.2) is 58.9 Å². The van der Waals surface area contributed by atoms with Crippen LogP contribution in [0.1, 0.15) is 12.8 Å². The molecule has 0 spiro atoms. The van der Waals surface area contributed by atoms with Crippen LogP contribution < -0.4 is 5.32 Å². The smallest absolute Gasteiger partial charge is 0.110 e. The third kappa shape index (κ3) is 1.66. The number of aliphatic hydroxyl groups is 3. The molecule has 2 rings (SSSR count). The standard InChI is InChI=1S/C9H17NO4/c11-4-6-8(12)9(13)7-5(14-6)2-1-3-10-7/h5-13H,1-4H2/t5-,6-,7+,8+,9-/m1/s1. The maximum atomic E-state index is 9.77. The molecule has 2 aliphatic rings. The zero-order chi connectivity index (χ0) is 10.1. The number of rotatable bonds is 1. The van der Waals surface area contributed by atoms with Crippen molar-refractivity contribution in [2.75, 3.05) is 13.2 Å². The molecule has 82 valence electrons. The Morgan fingerprint density at radius 1 is 1.29 bits per heavy atom. The van der Waals surface area contributed by atoms with Crippen LogP contribution in [0.2, 0.25) is 0 Å². The van der Waals surface area contributed by atoms with E-state index in [1.54, 1.807) is 0 Å². The van der Waals surface area contributed by atoms with Gasteiger partial charge in [-0.1, -0.05) is 0 Å². The first-order chi connectivity index (χ1) is 6.74. The lowest BCUT2D eigenvalue weighted by Crippen LogP contribution is -2.64. The van der Waals surface area contributed by atoms with Gasteiger partial charge in [0.25, 0.3) is 0 Å². The second-order valence-corrected chi connectivity index (χ2v) is 4.00. The van der Waals surface area contributed by atoms with E-state index in [1.165, 1.54) is 0 Å². The van der Waals surface area contributed by atoms with Gasteiger partial charge in [0.2, 0.25) is 0 Å². The van der Waals surface area contributed by atoms with Crippen LogP contribution in [0.25, 0.3) is 0 Å². The normalized spacial score (nSPS) is 48.6. The van der Waals surface area contributed by atoms with Crippen molar-refractivity contribution >= 4 is 0 Å². The minimum Gasteiger partial charge on any atom is -0.394 e. The molecule has 2 heterocycles. The molecule has 14 heavy (non-hydrogen) atoms. The van der Waals surface area contributed by atoms with Crippen molar-refractivity contribution in [2.45, 2.75) is 43.3 Å². The SMILES string of the molecule is OC[C@H]1O[C@@H]2CCCN[C@@H]2[C@@H](O)[C@H]1O. The van der Waals surface area contributed by atoms with Gasteiger partial charge in [-0.2, -0.15) is 0 Å². The van der Waals surface area contributed by atoms with Gasteiger partial charge in [0.15, 0.2) is 0 Å². The molecule has 0 saturated carbocycles. The van der Waals surface area contributed by atoms with Gasteiger partial charge < -0.3 is 25.4 Å². The molecule has 4 N–H and O–H groups in total. The number of piperidine rings is 1. The lowest BCUT2D eigenvalue weighted by atomic mass is 9.88. The summed E-state index contributed by atoms with van der Waals surface area (Å²) in [7, 11) is 0. The summed E-state index contributed by atoms with van der Waals surface area (Å²) in [6.07, 6.45) is -0.691. The molecule has 2 saturated heterocycles. The number of hydrogen-bond acceptors (Lipinski definition) is 5. The lowest BCUT2D eigenvalue weighted by Gasteiger charge is -2.45. The van der Waals surface area contributed by atoms with Crippen molar-refractivity contribution in [1.29, 1.82) is 0 Å². The van der Waals surface area contributed by atoms with Crippen LogP contribution in [0.5, 0.6) is 0 Å². The summed E-state index contributed by atoms with van der Waals surface area (Å²) in [6, 6.07) is -0.193. The molecule has 2 fully saturated rings. The van der Waals surface area contributed by atoms with Gasteiger partial charge in [0, 0.05) is 0 Å². The summed E-state index contributed by atoms with van der Waals surface area (Å²) >= 11 is 0. The third-order valence-corrected chi connectivity index (χ3v) is 3.07. The van der Waals surface area contributed by atoms with E-state index < -0.39 is 18.3 Å². The molecule has 5 atom stereocenters. The zero-order valence-electron chi connectivity index (χ0n) is 7.97. The van der Waals surface area contributed by atoms with Crippen molar-refractivity contribution in [3.63, 3.8) is 0 Å². The first-order valence-corrected chi connectivity index (χ1v) is 5.10. The summed E-state index contributed by atoms with van der Waals surface area (Å²) in [6.45, 7) is 0.597. The van der Waals surface area contributed by atoms with Gasteiger partial charge in [-0.3, -0.25) is 0 Å². The first kappa shape index (κ1) is 10.3. The molecule has 0 aliphatic carbocycles. The Morgan fingerprint density at radius 2 is 2.07 bits per heavy atom. The summed E-state index contributed by atoms with van der Waals surface area (Å²) in [4.78, 5) is 0. The number of hydrogen-bond donors (Lipinski definition) is 4. The molecular formula is C9H17NO4. The van der Waals surface area contributed by atoms with Crippen molar-refractivity contribution in [3.8, 4) is 0 Å². The average Bonchev–Trinajstić information content (AvgIpc) is 2.23. The Hall–Kier alpha value is -0.200. The quantitative estimate of drug-likeness (QED) is 0.405. The molecule has 0 aromatic heterocycles. The highest BCUT2D eigenvalue weighted by atomic mass is 16.5. The van der Waals surface area contributed by atoms with Gasteiger partial charge in [-0.25, -0.2) is 0 Å². The predicted octanol–water partition coefficient (Wildman–Crippen LogP) is -1.78. The number of fused-ring (bicyclic) bond motifs is 1. The fourth-order valence-corrected chi connectivity index (χ4v) is 2.26. The summed E-state index contributed by atoms with van der Waals surface area (Å²) in [5.74, 6) is 0. The van der Waals surface area contributed by atoms with E-state index in [4.69, 9.17) is 9.84 Å². The maximum Gasteiger partial charge on any atom is 0.110 e. The van der Waals surface area contributed by atoms with Crippen LogP contribution in [-0.2, 0) is 4.74 Å². The Morgan fingerprint density at radius 3 is 2.79 bits per heavy atom. The summed E-state index contributed by atoms with van der Waals surface area (Å²) in [5.41, 5.74) is 0. The predicted molar refractivity (Wildman–Crippen MR) is 48.8 cm³/mol. The second-order valence-electron chi connectivity index (χ2n) is 4.00. The minimum absolute atomic E-state index is 0.0840. The van der Waals surface area contributed by atoms with Crippen molar-refractivity contribution < 1.29 is 20.1 Å². The largest absolute Gasteiger partial charge is 0.394 e. The minimum atomic E-state index is -0.994. The van der Waals surface area contributed by atoms with Crippen LogP contribution >= 0.6 is 0 Å². The Kier molecular flexibility index (Phi) is 3.04. The monoisotopic (exact) mass is 203 g/mol. The van der Waals surface area contributed by atoms with Gasteiger partial charge >= 0.3 is 0 Å². The Bertz CT molecular complexity index is 199. The first-order valence-electron chi connectivity index (χ1n) is 5.10. The van der Waals surface area contributed by atoms with E-state index in [-0.39, 0.29) is 18.8 Å². The van der Waals surface area contributed by atoms with Gasteiger partial charge in [-0.05, 0) is 19.4 Å². The highest BCUT2D eigenvalue weighted by Crippen LogP contribution is 2.26. The fourth-order valence-electron chi connectivity index (χ4n) is 2.26. The molecule has 5 heteroatoms. The van der Waals surface area contributed by atoms with E-state index in [1.807, 2.05) is 0 Å². The lowest BCUT2D eigenvalue weighted by molar-refractivity contribution is -0.200. The molecular weight excluding hydrogens is 186 g/mol. The Labute approximate surface area is 82.7 Å². The van der Waals surface area contributed by atoms with Gasteiger partial charge in [0.05, 0.1) is 18.8 Å². The van der Waals surface area contributed by atoms with Crippen LogP contribution in [0, 0.1) is 0 Å². The van der Waals surface area contributed by atoms with Gasteiger partial charge in [0.1, 0.15) is 18.3 Å². The van der Waals surface area contributed by atoms with E-state index in [0.29, 0.717) is 0 Å². The topological polar surface area (TPSA) is 82.0 Å². The van der Waals surface area contributed by atoms with Crippen molar-refractivity contribution in [2.24, 2.45) is 0 Å². The maximum absolute atomic E-state index is 9.77. The second kappa shape index (κ2) is 4.12. The van der Waals surface area contributed by atoms with Crippen LogP contribution in [0.3, 0.4) is 0 Å². The highest BCUT2D eigenvalue weighted by molar-refractivity contribution is 4.97. The zero-order valence-corrected chi connectivity index (χ0v) is 7.97. The fraction of sp³-hybridized carbons (Fsp3) is 1.00. The number of ether oxygens (including phenoxy) is 1. The molecule has 0 amide bonds. The summed E-state index contributed by atoms with van der Waals surface area (Å²) in [5, 5.41) is 31.5. The van der Waals surface area contributed by atoms with Crippen molar-refractivity contribution in [1.82, 2.24) is 5.32 Å². The van der Waals surface area contributed by atoms with Gasteiger partial charge in [-0.15, -0.1) is 0 Å². The molecule has 0 aromatic rings. The molecule has 0 unspecified atom stereocenters. The molecule has 0 radical (unpaired) electrons. The van der Waals surface area contributed by atoms with E-state index in [2.05, 4.69) is 5.32 Å². The summed E-state index contributed by atoms with van der Waals surface area (Å²) < 4.78 is 5.50. The number of nitrogens with one attached hydrogen (secondary N) is 1. The van der Waals surface area contributed by atoms with Crippen LogP contribution in [0.15, 0.2) is 0 Å². The van der Waals surface area contributed by atoms with E-state index >= 15 is 0 Å². The molecule has 5 nitrogen and oxygen atoms in total. The third-order valence-electron chi connectivity index (χ3n) is 3.07. The van der Waals surface area contributed by atoms with Crippen LogP contribution in [0.4, 0.5) is 0 Å². The van der Waals surface area contributed by atoms with E-state index in [0.717, 1.165) is 19.4 Å². The molecule has 0 aromatic carbocycles. The van der Waals surface area contributed by atoms with E-state index in [9.17, 15) is 10.2 Å². The highest BCUT2D eigenvalue weighted by Gasteiger charge is 2.44. The average molecular weight is 203 g/mol. The van der Waals surface area contributed by atoms with Crippen molar-refractivity contribution in [3.05, 3.63) is 0 Å². The Balaban J connectivity index is 2.07. The molecule has 2 aliphatic heterocycles. The molecule has 0 bridgehead atoms. The number of aliphatic hydroxyl groups excluding tert-OH is 3.